The van der Waals surface area contributed by atoms with Gasteiger partial charge in [0.2, 0.25) is 0 Å². The Morgan fingerprint density at radius 2 is 1.81 bits per heavy atom. The topological polar surface area (TPSA) is 45.2 Å². The molecule has 0 atom stereocenters. The monoisotopic (exact) mass is 351 g/mol. The van der Waals surface area contributed by atoms with Crippen molar-refractivity contribution in [2.45, 2.75) is 39.0 Å². The van der Waals surface area contributed by atoms with Crippen molar-refractivity contribution in [2.75, 3.05) is 24.5 Å². The molecule has 3 rings (SSSR count). The van der Waals surface area contributed by atoms with E-state index in [9.17, 15) is 4.79 Å². The first-order valence-electron chi connectivity index (χ1n) is 9.48. The number of benzene rings is 1. The standard InChI is InChI=1S/C22H29N3O/c1-22(2,3)19-9-7-18(8-10-19)21(26)24-16-17-11-14-25(15-12-17)20-6-4-5-13-23-20/h4-10,13,17H,11-12,14-16H2,1-3H3,(H,24,26). The summed E-state index contributed by atoms with van der Waals surface area (Å²) in [5.41, 5.74) is 2.09. The highest BCUT2D eigenvalue weighted by atomic mass is 16.1. The van der Waals surface area contributed by atoms with Crippen LogP contribution in [0.3, 0.4) is 0 Å². The smallest absolute Gasteiger partial charge is 0.251 e. The fourth-order valence-corrected chi connectivity index (χ4v) is 3.37. The van der Waals surface area contributed by atoms with Gasteiger partial charge in [-0.2, -0.15) is 0 Å². The predicted octanol–water partition coefficient (Wildman–Crippen LogP) is 4.03. The lowest BCUT2D eigenvalue weighted by atomic mass is 9.86. The average Bonchev–Trinajstić information content (AvgIpc) is 2.66. The lowest BCUT2D eigenvalue weighted by molar-refractivity contribution is 0.0945. The van der Waals surface area contributed by atoms with Crippen LogP contribution in [0.1, 0.15) is 49.5 Å². The van der Waals surface area contributed by atoms with Gasteiger partial charge in [0.25, 0.3) is 5.91 Å². The molecule has 0 aliphatic carbocycles. The van der Waals surface area contributed by atoms with Gasteiger partial charge in [0, 0.05) is 31.4 Å². The quantitative estimate of drug-likeness (QED) is 0.905. The Morgan fingerprint density at radius 3 is 2.38 bits per heavy atom. The second-order valence-electron chi connectivity index (χ2n) is 8.16. The largest absolute Gasteiger partial charge is 0.357 e. The maximum absolute atomic E-state index is 12.4. The highest BCUT2D eigenvalue weighted by molar-refractivity contribution is 5.94. The fraction of sp³-hybridized carbons (Fsp3) is 0.455. The third-order valence-electron chi connectivity index (χ3n) is 5.15. The first kappa shape index (κ1) is 18.4. The number of nitrogens with one attached hydrogen (secondary N) is 1. The first-order chi connectivity index (χ1) is 12.4. The number of aromatic nitrogens is 1. The van der Waals surface area contributed by atoms with E-state index in [2.05, 4.69) is 54.2 Å². The summed E-state index contributed by atoms with van der Waals surface area (Å²) in [7, 11) is 0. The SMILES string of the molecule is CC(C)(C)c1ccc(C(=O)NCC2CCN(c3ccccn3)CC2)cc1. The Hall–Kier alpha value is -2.36. The molecule has 0 bridgehead atoms. The summed E-state index contributed by atoms with van der Waals surface area (Å²) in [4.78, 5) is 19.1. The van der Waals surface area contributed by atoms with Crippen LogP contribution < -0.4 is 10.2 Å². The van der Waals surface area contributed by atoms with Crippen LogP contribution in [-0.4, -0.2) is 30.5 Å². The van der Waals surface area contributed by atoms with E-state index in [0.717, 1.165) is 43.9 Å². The van der Waals surface area contributed by atoms with Crippen molar-refractivity contribution in [2.24, 2.45) is 5.92 Å². The van der Waals surface area contributed by atoms with Gasteiger partial charge in [-0.25, -0.2) is 4.98 Å². The number of nitrogens with zero attached hydrogens (tertiary/aromatic N) is 2. The summed E-state index contributed by atoms with van der Waals surface area (Å²) in [5, 5.41) is 3.11. The maximum atomic E-state index is 12.4. The summed E-state index contributed by atoms with van der Waals surface area (Å²) in [6.45, 7) is 9.28. The highest BCUT2D eigenvalue weighted by Crippen LogP contribution is 2.23. The molecule has 2 heterocycles. The number of rotatable bonds is 4. The number of pyridine rings is 1. The van der Waals surface area contributed by atoms with E-state index in [4.69, 9.17) is 0 Å². The summed E-state index contributed by atoms with van der Waals surface area (Å²) in [6, 6.07) is 14.0. The molecule has 1 aromatic heterocycles. The second-order valence-corrected chi connectivity index (χ2v) is 8.16. The third kappa shape index (κ3) is 4.63. The normalized spacial score (nSPS) is 15.7. The third-order valence-corrected chi connectivity index (χ3v) is 5.15. The zero-order valence-electron chi connectivity index (χ0n) is 16.0. The molecule has 0 unspecified atom stereocenters. The molecule has 2 aromatic rings. The van der Waals surface area contributed by atoms with Crippen molar-refractivity contribution in [1.82, 2.24) is 10.3 Å². The van der Waals surface area contributed by atoms with Gasteiger partial charge in [-0.3, -0.25) is 4.79 Å². The fourth-order valence-electron chi connectivity index (χ4n) is 3.37. The van der Waals surface area contributed by atoms with Crippen LogP contribution in [0.15, 0.2) is 48.7 Å². The summed E-state index contributed by atoms with van der Waals surface area (Å²) < 4.78 is 0. The van der Waals surface area contributed by atoms with Gasteiger partial charge < -0.3 is 10.2 Å². The summed E-state index contributed by atoms with van der Waals surface area (Å²) in [6.07, 6.45) is 4.01. The van der Waals surface area contributed by atoms with E-state index in [1.807, 2.05) is 30.5 Å². The number of carbonyl (C=O) groups is 1. The van der Waals surface area contributed by atoms with E-state index in [-0.39, 0.29) is 11.3 Å². The Labute approximate surface area is 156 Å². The van der Waals surface area contributed by atoms with Crippen LogP contribution in [0.5, 0.6) is 0 Å². The summed E-state index contributed by atoms with van der Waals surface area (Å²) in [5.74, 6) is 1.61. The summed E-state index contributed by atoms with van der Waals surface area (Å²) >= 11 is 0. The molecule has 0 radical (unpaired) electrons. The average molecular weight is 351 g/mol. The number of anilines is 1. The minimum Gasteiger partial charge on any atom is -0.357 e. The van der Waals surface area contributed by atoms with Crippen molar-refractivity contribution in [3.8, 4) is 0 Å². The minimum atomic E-state index is 0.0256. The van der Waals surface area contributed by atoms with Crippen LogP contribution >= 0.6 is 0 Å². The molecule has 4 nitrogen and oxygen atoms in total. The lowest BCUT2D eigenvalue weighted by Crippen LogP contribution is -2.39. The van der Waals surface area contributed by atoms with E-state index < -0.39 is 0 Å². The van der Waals surface area contributed by atoms with Crippen LogP contribution in [0, 0.1) is 5.92 Å². The lowest BCUT2D eigenvalue weighted by Gasteiger charge is -2.32. The molecule has 1 aliphatic heterocycles. The molecule has 4 heteroatoms. The van der Waals surface area contributed by atoms with E-state index in [1.165, 1.54) is 5.56 Å². The van der Waals surface area contributed by atoms with Gasteiger partial charge in [0.15, 0.2) is 0 Å². The molecule has 0 spiro atoms. The van der Waals surface area contributed by atoms with Crippen LogP contribution in [0.25, 0.3) is 0 Å². The van der Waals surface area contributed by atoms with Crippen molar-refractivity contribution in [3.05, 3.63) is 59.8 Å². The number of amides is 1. The molecule has 138 valence electrons. The zero-order valence-corrected chi connectivity index (χ0v) is 16.0. The number of carbonyl (C=O) groups excluding carboxylic acids is 1. The molecule has 1 saturated heterocycles. The maximum Gasteiger partial charge on any atom is 0.251 e. The first-order valence-corrected chi connectivity index (χ1v) is 9.48. The molecule has 1 amide bonds. The van der Waals surface area contributed by atoms with E-state index >= 15 is 0 Å². The van der Waals surface area contributed by atoms with Crippen LogP contribution in [0.4, 0.5) is 5.82 Å². The Balaban J connectivity index is 1.47. The number of hydrogen-bond donors (Lipinski definition) is 1. The molecule has 1 fully saturated rings. The van der Waals surface area contributed by atoms with Gasteiger partial charge >= 0.3 is 0 Å². The molecule has 1 N–H and O–H groups in total. The van der Waals surface area contributed by atoms with Gasteiger partial charge in [0.1, 0.15) is 5.82 Å². The molecular formula is C22H29N3O. The van der Waals surface area contributed by atoms with Crippen molar-refractivity contribution >= 4 is 11.7 Å². The van der Waals surface area contributed by atoms with Crippen LogP contribution in [-0.2, 0) is 5.41 Å². The van der Waals surface area contributed by atoms with Gasteiger partial charge in [-0.05, 0) is 54.0 Å². The number of piperidine rings is 1. The highest BCUT2D eigenvalue weighted by Gasteiger charge is 2.21. The molecular weight excluding hydrogens is 322 g/mol. The van der Waals surface area contributed by atoms with Crippen molar-refractivity contribution in [3.63, 3.8) is 0 Å². The molecule has 1 aliphatic rings. The number of hydrogen-bond acceptors (Lipinski definition) is 3. The molecule has 1 aromatic carbocycles. The Morgan fingerprint density at radius 1 is 1.12 bits per heavy atom. The van der Waals surface area contributed by atoms with Crippen molar-refractivity contribution < 1.29 is 4.79 Å². The predicted molar refractivity (Wildman–Crippen MR) is 107 cm³/mol. The van der Waals surface area contributed by atoms with E-state index in [0.29, 0.717) is 5.92 Å². The van der Waals surface area contributed by atoms with Gasteiger partial charge in [0.05, 0.1) is 0 Å². The van der Waals surface area contributed by atoms with Crippen LogP contribution in [0.2, 0.25) is 0 Å². The van der Waals surface area contributed by atoms with Gasteiger partial charge in [-0.1, -0.05) is 39.0 Å². The molecule has 26 heavy (non-hydrogen) atoms. The van der Waals surface area contributed by atoms with Crippen molar-refractivity contribution in [1.29, 1.82) is 0 Å². The second kappa shape index (κ2) is 7.90. The van der Waals surface area contributed by atoms with E-state index in [1.54, 1.807) is 0 Å². The molecule has 0 saturated carbocycles. The minimum absolute atomic E-state index is 0.0256. The Kier molecular flexibility index (Phi) is 5.60. The zero-order chi connectivity index (χ0) is 18.6. The Bertz CT molecular complexity index is 711. The van der Waals surface area contributed by atoms with Gasteiger partial charge in [-0.15, -0.1) is 0 Å².